The lowest BCUT2D eigenvalue weighted by Gasteiger charge is -2.21. The van der Waals surface area contributed by atoms with E-state index in [-0.39, 0.29) is 0 Å². The highest BCUT2D eigenvalue weighted by Gasteiger charge is 2.12. The average molecular weight is 155 g/mol. The number of rotatable bonds is 4. The topological polar surface area (TPSA) is 9.23 Å². The molecule has 0 atom stereocenters. The molecule has 0 aliphatic heterocycles. The van der Waals surface area contributed by atoms with E-state index in [0.717, 1.165) is 6.61 Å². The molecule has 0 aromatic heterocycles. The third-order valence-corrected chi connectivity index (χ3v) is 2.24. The van der Waals surface area contributed by atoms with Crippen LogP contribution in [-0.4, -0.2) is 12.7 Å². The van der Waals surface area contributed by atoms with E-state index in [1.807, 2.05) is 0 Å². The summed E-state index contributed by atoms with van der Waals surface area (Å²) in [6.07, 6.45) is 10.5. The van der Waals surface area contributed by atoms with Crippen molar-refractivity contribution in [1.82, 2.24) is 0 Å². The second-order valence-electron chi connectivity index (χ2n) is 3.29. The maximum atomic E-state index is 5.70. The highest BCUT2D eigenvalue weighted by Crippen LogP contribution is 2.19. The third-order valence-electron chi connectivity index (χ3n) is 2.24. The second-order valence-corrected chi connectivity index (χ2v) is 3.29. The molecule has 0 saturated heterocycles. The van der Waals surface area contributed by atoms with Crippen LogP contribution in [0, 0.1) is 6.42 Å². The molecule has 1 fully saturated rings. The van der Waals surface area contributed by atoms with Crippen LogP contribution in [0.4, 0.5) is 0 Å². The summed E-state index contributed by atoms with van der Waals surface area (Å²) in [6, 6.07) is 0. The minimum atomic E-state index is 0.576. The van der Waals surface area contributed by atoms with Gasteiger partial charge in [-0.05, 0) is 38.5 Å². The first-order valence-corrected chi connectivity index (χ1v) is 4.86. The van der Waals surface area contributed by atoms with Crippen molar-refractivity contribution >= 4 is 0 Å². The molecule has 1 aliphatic carbocycles. The molecule has 65 valence electrons. The van der Waals surface area contributed by atoms with Crippen molar-refractivity contribution in [3.63, 3.8) is 0 Å². The molecule has 0 heterocycles. The van der Waals surface area contributed by atoms with Gasteiger partial charge in [-0.15, -0.1) is 0 Å². The molecule has 0 aromatic rings. The Morgan fingerprint density at radius 3 is 2.73 bits per heavy atom. The normalized spacial score (nSPS) is 20.5. The second kappa shape index (κ2) is 5.59. The molecule has 0 spiro atoms. The van der Waals surface area contributed by atoms with E-state index in [9.17, 15) is 0 Å². The fourth-order valence-electron chi connectivity index (χ4n) is 1.46. The standard InChI is InChI=1S/C10H19O/c1-2-3-9-11-10-7-5-4-6-8-10/h4,10H,2-3,5-9H2,1H3. The lowest BCUT2D eigenvalue weighted by Crippen LogP contribution is -2.17. The first-order valence-electron chi connectivity index (χ1n) is 4.86. The molecule has 1 aliphatic rings. The Kier molecular flexibility index (Phi) is 4.60. The average Bonchev–Trinajstić information content (AvgIpc) is 2.07. The van der Waals surface area contributed by atoms with Gasteiger partial charge in [-0.1, -0.05) is 13.3 Å². The molecular weight excluding hydrogens is 136 g/mol. The van der Waals surface area contributed by atoms with Crippen LogP contribution in [0.15, 0.2) is 0 Å². The molecule has 1 rings (SSSR count). The van der Waals surface area contributed by atoms with Crippen LogP contribution in [0.5, 0.6) is 0 Å². The molecule has 0 bridgehead atoms. The molecule has 1 heteroatoms. The monoisotopic (exact) mass is 155 g/mol. The van der Waals surface area contributed by atoms with Gasteiger partial charge in [0.1, 0.15) is 0 Å². The Hall–Kier alpha value is -0.0400. The fourth-order valence-corrected chi connectivity index (χ4v) is 1.46. The van der Waals surface area contributed by atoms with Crippen molar-refractivity contribution in [3.8, 4) is 0 Å². The van der Waals surface area contributed by atoms with E-state index < -0.39 is 0 Å². The summed E-state index contributed by atoms with van der Waals surface area (Å²) in [5, 5.41) is 0. The minimum absolute atomic E-state index is 0.576. The van der Waals surface area contributed by atoms with E-state index in [2.05, 4.69) is 13.3 Å². The zero-order valence-electron chi connectivity index (χ0n) is 7.51. The molecular formula is C10H19O. The van der Waals surface area contributed by atoms with E-state index in [1.165, 1.54) is 38.5 Å². The molecule has 1 radical (unpaired) electrons. The van der Waals surface area contributed by atoms with Gasteiger partial charge in [0.25, 0.3) is 0 Å². The lowest BCUT2D eigenvalue weighted by atomic mass is 9.98. The van der Waals surface area contributed by atoms with Crippen molar-refractivity contribution in [2.24, 2.45) is 0 Å². The maximum Gasteiger partial charge on any atom is 0.0575 e. The van der Waals surface area contributed by atoms with Gasteiger partial charge in [-0.3, -0.25) is 0 Å². The van der Waals surface area contributed by atoms with Crippen LogP contribution in [0.2, 0.25) is 0 Å². The summed E-state index contributed by atoms with van der Waals surface area (Å²) < 4.78 is 5.70. The summed E-state index contributed by atoms with van der Waals surface area (Å²) in [6.45, 7) is 3.18. The quantitative estimate of drug-likeness (QED) is 0.567. The van der Waals surface area contributed by atoms with Crippen molar-refractivity contribution < 1.29 is 4.74 Å². The summed E-state index contributed by atoms with van der Waals surface area (Å²) in [5.41, 5.74) is 0. The van der Waals surface area contributed by atoms with Crippen LogP contribution < -0.4 is 0 Å². The van der Waals surface area contributed by atoms with Crippen LogP contribution >= 0.6 is 0 Å². The predicted molar refractivity (Wildman–Crippen MR) is 47.4 cm³/mol. The number of hydrogen-bond donors (Lipinski definition) is 0. The first kappa shape index (κ1) is 9.05. The third kappa shape index (κ3) is 3.76. The first-order chi connectivity index (χ1) is 5.43. The molecule has 0 aromatic carbocycles. The van der Waals surface area contributed by atoms with Gasteiger partial charge < -0.3 is 4.74 Å². The van der Waals surface area contributed by atoms with Gasteiger partial charge >= 0.3 is 0 Å². The Morgan fingerprint density at radius 2 is 2.09 bits per heavy atom. The smallest absolute Gasteiger partial charge is 0.0575 e. The summed E-state index contributed by atoms with van der Waals surface area (Å²) in [4.78, 5) is 0. The lowest BCUT2D eigenvalue weighted by molar-refractivity contribution is 0.0333. The van der Waals surface area contributed by atoms with Crippen LogP contribution in [-0.2, 0) is 4.74 Å². The molecule has 0 unspecified atom stereocenters. The Labute approximate surface area is 70.1 Å². The Morgan fingerprint density at radius 1 is 1.36 bits per heavy atom. The van der Waals surface area contributed by atoms with Gasteiger partial charge in [0.15, 0.2) is 0 Å². The van der Waals surface area contributed by atoms with Gasteiger partial charge in [0, 0.05) is 6.61 Å². The van der Waals surface area contributed by atoms with Crippen LogP contribution in [0.1, 0.15) is 45.4 Å². The summed E-state index contributed by atoms with van der Waals surface area (Å²) >= 11 is 0. The van der Waals surface area contributed by atoms with E-state index >= 15 is 0 Å². The number of hydrogen-bond acceptors (Lipinski definition) is 1. The van der Waals surface area contributed by atoms with Gasteiger partial charge in [0.05, 0.1) is 6.10 Å². The van der Waals surface area contributed by atoms with Crippen molar-refractivity contribution in [3.05, 3.63) is 6.42 Å². The van der Waals surface area contributed by atoms with Gasteiger partial charge in [0.2, 0.25) is 0 Å². The number of unbranched alkanes of at least 4 members (excludes halogenated alkanes) is 1. The zero-order valence-corrected chi connectivity index (χ0v) is 7.51. The molecule has 0 amide bonds. The van der Waals surface area contributed by atoms with Crippen molar-refractivity contribution in [1.29, 1.82) is 0 Å². The zero-order chi connectivity index (χ0) is 7.94. The SMILES string of the molecule is CCCCOC1CC[CH]CC1. The molecule has 0 N–H and O–H groups in total. The molecule has 1 saturated carbocycles. The highest BCUT2D eigenvalue weighted by molar-refractivity contribution is 4.76. The summed E-state index contributed by atoms with van der Waals surface area (Å²) in [7, 11) is 0. The molecule has 11 heavy (non-hydrogen) atoms. The Bertz CT molecular complexity index is 84.9. The Balaban J connectivity index is 1.96. The maximum absolute atomic E-state index is 5.70. The van der Waals surface area contributed by atoms with Gasteiger partial charge in [-0.25, -0.2) is 0 Å². The van der Waals surface area contributed by atoms with E-state index in [4.69, 9.17) is 4.74 Å². The van der Waals surface area contributed by atoms with E-state index in [0.29, 0.717) is 6.10 Å². The van der Waals surface area contributed by atoms with Gasteiger partial charge in [-0.2, -0.15) is 0 Å². The van der Waals surface area contributed by atoms with Crippen LogP contribution in [0.3, 0.4) is 0 Å². The fraction of sp³-hybridized carbons (Fsp3) is 0.900. The van der Waals surface area contributed by atoms with E-state index in [1.54, 1.807) is 0 Å². The van der Waals surface area contributed by atoms with Crippen molar-refractivity contribution in [2.45, 2.75) is 51.6 Å². The minimum Gasteiger partial charge on any atom is -0.378 e. The summed E-state index contributed by atoms with van der Waals surface area (Å²) in [5.74, 6) is 0. The largest absolute Gasteiger partial charge is 0.378 e. The molecule has 1 nitrogen and oxygen atoms in total. The highest BCUT2D eigenvalue weighted by atomic mass is 16.5. The van der Waals surface area contributed by atoms with Crippen molar-refractivity contribution in [2.75, 3.05) is 6.61 Å². The predicted octanol–water partition coefficient (Wildman–Crippen LogP) is 2.95. The van der Waals surface area contributed by atoms with Crippen LogP contribution in [0.25, 0.3) is 0 Å². The number of ether oxygens (including phenoxy) is 1.